The van der Waals surface area contributed by atoms with Gasteiger partial charge in [0.2, 0.25) is 0 Å². The highest BCUT2D eigenvalue weighted by Gasteiger charge is 2.24. The van der Waals surface area contributed by atoms with E-state index in [9.17, 15) is 4.79 Å². The Morgan fingerprint density at radius 3 is 3.11 bits per heavy atom. The average Bonchev–Trinajstić information content (AvgIpc) is 2.83. The first-order valence-corrected chi connectivity index (χ1v) is 6.53. The maximum atomic E-state index is 11.6. The number of hydrogen-bond donors (Lipinski definition) is 0. The lowest BCUT2D eigenvalue weighted by Crippen LogP contribution is -2.18. The molecule has 2 rings (SSSR count). The van der Waals surface area contributed by atoms with E-state index in [1.54, 1.807) is 13.0 Å². The zero-order valence-electron chi connectivity index (χ0n) is 10.6. The number of nitriles is 1. The van der Waals surface area contributed by atoms with Crippen LogP contribution in [0.1, 0.15) is 18.1 Å². The fourth-order valence-corrected chi connectivity index (χ4v) is 2.41. The van der Waals surface area contributed by atoms with Gasteiger partial charge in [0.1, 0.15) is 11.7 Å². The lowest BCUT2D eigenvalue weighted by Gasteiger charge is -2.12. The molecule has 1 aromatic rings. The molecule has 0 bridgehead atoms. The lowest BCUT2D eigenvalue weighted by atomic mass is 9.98. The van der Waals surface area contributed by atoms with Crippen molar-refractivity contribution in [3.63, 3.8) is 0 Å². The fraction of sp³-hybridized carbons (Fsp3) is 0.429. The van der Waals surface area contributed by atoms with E-state index in [0.29, 0.717) is 11.6 Å². The molecular formula is C14H14ClNO3. The Morgan fingerprint density at radius 1 is 1.63 bits per heavy atom. The van der Waals surface area contributed by atoms with Gasteiger partial charge in [0, 0.05) is 17.9 Å². The molecule has 0 amide bonds. The summed E-state index contributed by atoms with van der Waals surface area (Å²) in [6, 6.07) is 5.58. The molecule has 0 fully saturated rings. The number of rotatable bonds is 4. The van der Waals surface area contributed by atoms with Crippen molar-refractivity contribution in [3.05, 3.63) is 28.3 Å². The highest BCUT2D eigenvalue weighted by Crippen LogP contribution is 2.34. The maximum Gasteiger partial charge on any atom is 0.323 e. The van der Waals surface area contributed by atoms with Gasteiger partial charge in [-0.15, -0.1) is 0 Å². The molecule has 19 heavy (non-hydrogen) atoms. The van der Waals surface area contributed by atoms with Crippen LogP contribution in [0, 0.1) is 17.2 Å². The summed E-state index contributed by atoms with van der Waals surface area (Å²) in [6.07, 6.45) is 1.07. The van der Waals surface area contributed by atoms with Gasteiger partial charge in [-0.25, -0.2) is 0 Å². The van der Waals surface area contributed by atoms with Gasteiger partial charge < -0.3 is 9.47 Å². The van der Waals surface area contributed by atoms with Gasteiger partial charge in [-0.2, -0.15) is 5.26 Å². The summed E-state index contributed by atoms with van der Waals surface area (Å²) >= 11 is 6.04. The lowest BCUT2D eigenvalue weighted by molar-refractivity contribution is -0.145. The molecule has 0 spiro atoms. The van der Waals surface area contributed by atoms with Crippen molar-refractivity contribution in [1.29, 1.82) is 5.26 Å². The standard InChI is InChI=1S/C14H14ClNO3/c1-2-18-14(17)11(8-16)5-10-7-12(15)6-9-3-4-19-13(9)10/h6-7,11H,2-5H2,1H3. The quantitative estimate of drug-likeness (QED) is 0.795. The van der Waals surface area contributed by atoms with Gasteiger partial charge in [0.05, 0.1) is 19.3 Å². The summed E-state index contributed by atoms with van der Waals surface area (Å²) in [6.45, 7) is 2.59. The minimum absolute atomic E-state index is 0.262. The monoisotopic (exact) mass is 279 g/mol. The molecule has 1 heterocycles. The number of nitrogens with zero attached hydrogens (tertiary/aromatic N) is 1. The van der Waals surface area contributed by atoms with E-state index >= 15 is 0 Å². The number of ether oxygens (including phenoxy) is 2. The van der Waals surface area contributed by atoms with Crippen molar-refractivity contribution in [2.45, 2.75) is 19.8 Å². The highest BCUT2D eigenvalue weighted by molar-refractivity contribution is 6.30. The van der Waals surface area contributed by atoms with E-state index in [0.717, 1.165) is 23.3 Å². The maximum absolute atomic E-state index is 11.6. The first kappa shape index (κ1) is 13.7. The van der Waals surface area contributed by atoms with Crippen LogP contribution in [0.3, 0.4) is 0 Å². The predicted octanol–water partition coefficient (Wildman–Crippen LogP) is 2.52. The number of carbonyl (C=O) groups excluding carboxylic acids is 1. The number of halogens is 1. The third kappa shape index (κ3) is 2.99. The molecule has 100 valence electrons. The first-order chi connectivity index (χ1) is 9.15. The zero-order chi connectivity index (χ0) is 13.8. The Bertz CT molecular complexity index is 536. The molecule has 0 radical (unpaired) electrons. The molecule has 1 aliphatic rings. The average molecular weight is 280 g/mol. The van der Waals surface area contributed by atoms with Gasteiger partial charge in [0.15, 0.2) is 0 Å². The number of esters is 1. The van der Waals surface area contributed by atoms with E-state index in [4.69, 9.17) is 26.3 Å². The molecule has 0 saturated heterocycles. The van der Waals surface area contributed by atoms with Crippen LogP contribution in [0.5, 0.6) is 5.75 Å². The van der Waals surface area contributed by atoms with E-state index < -0.39 is 11.9 Å². The second kappa shape index (κ2) is 5.94. The van der Waals surface area contributed by atoms with Crippen molar-refractivity contribution in [2.75, 3.05) is 13.2 Å². The minimum Gasteiger partial charge on any atom is -0.493 e. The van der Waals surface area contributed by atoms with Gasteiger partial charge in [0.25, 0.3) is 0 Å². The Kier molecular flexibility index (Phi) is 4.28. The fourth-order valence-electron chi connectivity index (χ4n) is 2.14. The van der Waals surface area contributed by atoms with Gasteiger partial charge in [-0.1, -0.05) is 11.6 Å². The van der Waals surface area contributed by atoms with Crippen LogP contribution >= 0.6 is 11.6 Å². The van der Waals surface area contributed by atoms with Crippen molar-refractivity contribution in [1.82, 2.24) is 0 Å². The third-order valence-corrected chi connectivity index (χ3v) is 3.19. The van der Waals surface area contributed by atoms with Gasteiger partial charge >= 0.3 is 5.97 Å². The van der Waals surface area contributed by atoms with Gasteiger partial charge in [-0.3, -0.25) is 4.79 Å². The number of hydrogen-bond acceptors (Lipinski definition) is 4. The largest absolute Gasteiger partial charge is 0.493 e. The molecule has 1 atom stereocenters. The summed E-state index contributed by atoms with van der Waals surface area (Å²) in [7, 11) is 0. The number of benzene rings is 1. The molecule has 0 saturated carbocycles. The van der Waals surface area contributed by atoms with E-state index in [1.165, 1.54) is 0 Å². The molecule has 1 aromatic carbocycles. The van der Waals surface area contributed by atoms with Crippen LogP contribution in [-0.4, -0.2) is 19.2 Å². The molecule has 1 unspecified atom stereocenters. The Labute approximate surface area is 116 Å². The van der Waals surface area contributed by atoms with Crippen molar-refractivity contribution < 1.29 is 14.3 Å². The normalized spacial score (nSPS) is 14.2. The Morgan fingerprint density at radius 2 is 2.42 bits per heavy atom. The summed E-state index contributed by atoms with van der Waals surface area (Å²) in [5, 5.41) is 9.67. The third-order valence-electron chi connectivity index (χ3n) is 2.98. The van der Waals surface area contributed by atoms with Crippen LogP contribution in [0.25, 0.3) is 0 Å². The Balaban J connectivity index is 2.23. The van der Waals surface area contributed by atoms with Crippen LogP contribution in [0.15, 0.2) is 12.1 Å². The molecular weight excluding hydrogens is 266 g/mol. The van der Waals surface area contributed by atoms with Crippen LogP contribution < -0.4 is 4.74 Å². The summed E-state index contributed by atoms with van der Waals surface area (Å²) in [5.74, 6) is -0.572. The van der Waals surface area contributed by atoms with E-state index in [2.05, 4.69) is 0 Å². The molecule has 1 aliphatic heterocycles. The number of carbonyl (C=O) groups is 1. The van der Waals surface area contributed by atoms with Crippen molar-refractivity contribution >= 4 is 17.6 Å². The van der Waals surface area contributed by atoms with E-state index in [-0.39, 0.29) is 13.0 Å². The van der Waals surface area contributed by atoms with Gasteiger partial charge in [-0.05, 0) is 30.2 Å². The highest BCUT2D eigenvalue weighted by atomic mass is 35.5. The first-order valence-electron chi connectivity index (χ1n) is 6.16. The van der Waals surface area contributed by atoms with Crippen LogP contribution in [-0.2, 0) is 22.4 Å². The topological polar surface area (TPSA) is 59.3 Å². The second-order valence-corrected chi connectivity index (χ2v) is 4.73. The zero-order valence-corrected chi connectivity index (χ0v) is 11.4. The number of fused-ring (bicyclic) bond motifs is 1. The molecule has 0 N–H and O–H groups in total. The summed E-state index contributed by atoms with van der Waals surface area (Å²) < 4.78 is 10.4. The second-order valence-electron chi connectivity index (χ2n) is 4.29. The SMILES string of the molecule is CCOC(=O)C(C#N)Cc1cc(Cl)cc2c1OCC2. The minimum atomic E-state index is -0.827. The molecule has 0 aromatic heterocycles. The van der Waals surface area contributed by atoms with E-state index in [1.807, 2.05) is 12.1 Å². The molecule has 5 heteroatoms. The molecule has 4 nitrogen and oxygen atoms in total. The van der Waals surface area contributed by atoms with Crippen LogP contribution in [0.4, 0.5) is 0 Å². The van der Waals surface area contributed by atoms with Crippen LogP contribution in [0.2, 0.25) is 5.02 Å². The predicted molar refractivity (Wildman–Crippen MR) is 70.1 cm³/mol. The molecule has 0 aliphatic carbocycles. The summed E-state index contributed by atoms with van der Waals surface area (Å²) in [4.78, 5) is 11.6. The Hall–Kier alpha value is -1.73. The summed E-state index contributed by atoms with van der Waals surface area (Å²) in [5.41, 5.74) is 1.82. The van der Waals surface area contributed by atoms with Crippen molar-refractivity contribution in [3.8, 4) is 11.8 Å². The van der Waals surface area contributed by atoms with Crippen molar-refractivity contribution in [2.24, 2.45) is 5.92 Å². The smallest absolute Gasteiger partial charge is 0.323 e.